The van der Waals surface area contributed by atoms with Gasteiger partial charge in [-0.3, -0.25) is 24.6 Å². The number of likely N-dealkylation sites (N-methyl/N-ethyl adjacent to an activating group) is 1. The number of nitrogens with zero attached hydrogens (tertiary/aromatic N) is 5. The number of amides is 3. The number of piperidine rings is 1. The summed E-state index contributed by atoms with van der Waals surface area (Å²) in [7, 11) is 4.23. The summed E-state index contributed by atoms with van der Waals surface area (Å²) < 4.78 is 52.4. The van der Waals surface area contributed by atoms with Crippen molar-refractivity contribution in [3.05, 3.63) is 171 Å². The number of aromatic nitrogens is 4. The Labute approximate surface area is 492 Å². The van der Waals surface area contributed by atoms with Crippen molar-refractivity contribution in [3.63, 3.8) is 0 Å². The smallest absolute Gasteiger partial charge is 0.258 e. The molecule has 8 aromatic rings. The minimum atomic E-state index is -0.632. The van der Waals surface area contributed by atoms with E-state index < -0.39 is 11.6 Å². The summed E-state index contributed by atoms with van der Waals surface area (Å²) in [4.78, 5) is 47.5. The van der Waals surface area contributed by atoms with Crippen molar-refractivity contribution in [2.24, 2.45) is 0 Å². The lowest BCUT2D eigenvalue weighted by molar-refractivity contribution is 0.0901. The highest BCUT2D eigenvalue weighted by Gasteiger charge is 2.26. The van der Waals surface area contributed by atoms with Crippen LogP contribution in [0.1, 0.15) is 97.4 Å². The van der Waals surface area contributed by atoms with Gasteiger partial charge in [-0.25, -0.2) is 13.2 Å². The number of hydrogen-bond donors (Lipinski definition) is 7. The van der Waals surface area contributed by atoms with Gasteiger partial charge in [0.15, 0.2) is 11.6 Å². The quantitative estimate of drug-likeness (QED) is 0.0514. The minimum Gasteiger partial charge on any atom is -0.381 e. The fraction of sp³-hybridized carbons (Fsp3) is 0.369. The molecule has 0 saturated carbocycles. The maximum atomic E-state index is 13.9. The number of hydrogen-bond acceptors (Lipinski definition) is 12. The van der Waals surface area contributed by atoms with E-state index in [2.05, 4.69) is 81.8 Å². The van der Waals surface area contributed by atoms with Crippen molar-refractivity contribution < 1.29 is 37.0 Å². The molecule has 4 aliphatic heterocycles. The molecule has 85 heavy (non-hydrogen) atoms. The Balaban J connectivity index is 0.000000177. The third kappa shape index (κ3) is 14.8. The number of aryl methyl sites for hydroxylation is 1. The van der Waals surface area contributed by atoms with Crippen LogP contribution in [0, 0.1) is 24.4 Å². The second-order valence-corrected chi connectivity index (χ2v) is 22.9. The fourth-order valence-electron chi connectivity index (χ4n) is 11.5. The van der Waals surface area contributed by atoms with Crippen LogP contribution < -0.4 is 31.5 Å². The van der Waals surface area contributed by atoms with Crippen LogP contribution in [-0.4, -0.2) is 146 Å². The van der Waals surface area contributed by atoms with Crippen molar-refractivity contribution >= 4 is 68.2 Å². The molecule has 7 N–H and O–H groups in total. The van der Waals surface area contributed by atoms with E-state index in [4.69, 9.17) is 9.47 Å². The number of likely N-dealkylation sites (tertiary alicyclic amines) is 1. The Kier molecular flexibility index (Phi) is 18.4. The predicted octanol–water partition coefficient (Wildman–Crippen LogP) is 10.3. The number of aromatic amines is 2. The Hall–Kier alpha value is -8.30. The second-order valence-electron chi connectivity index (χ2n) is 22.9. The minimum absolute atomic E-state index is 0.101. The number of benzene rings is 6. The molecule has 0 atom stereocenters. The summed E-state index contributed by atoms with van der Waals surface area (Å²) in [6.07, 6.45) is 6.07. The molecule has 2 aromatic heterocycles. The number of rotatable bonds is 15. The largest absolute Gasteiger partial charge is 0.381 e. The topological polar surface area (TPSA) is 197 Å². The van der Waals surface area contributed by atoms with Crippen molar-refractivity contribution in [1.82, 2.24) is 35.5 Å². The predicted molar refractivity (Wildman–Crippen MR) is 327 cm³/mol. The number of carbonyl (C=O) groups is 3. The highest BCUT2D eigenvalue weighted by atomic mass is 19.1. The number of nitrogens with one attached hydrogen (secondary N) is 7. The summed E-state index contributed by atoms with van der Waals surface area (Å²) in [5, 5.41) is 32.4. The van der Waals surface area contributed by atoms with E-state index in [-0.39, 0.29) is 41.7 Å². The first-order valence-electron chi connectivity index (χ1n) is 29.4. The van der Waals surface area contributed by atoms with Gasteiger partial charge in [-0.1, -0.05) is 18.2 Å². The van der Waals surface area contributed by atoms with Crippen LogP contribution in [0.5, 0.6) is 0 Å². The molecular formula is C65H73F3N12O5. The average Bonchev–Trinajstić information content (AvgIpc) is 3.87. The molecular weight excluding hydrogens is 1090 g/mol. The number of H-pyrrole nitrogens is 2. The SMILES string of the molecule is CN1CCC(NC(=O)c2ccc(C(=O)Nc3n[nH]c4ccc(Cc5cc(F)cc(F)c5)cc34)c(NC3CCOCC3)c2)CC1.Cc1ccc(F)cc1Cc1ccc2[nH]nc(NC(=O)c3ccc(N4CCN(C)CC4)cc3NC3CCOCC3)c2c1. The van der Waals surface area contributed by atoms with Crippen molar-refractivity contribution in [1.29, 1.82) is 0 Å². The van der Waals surface area contributed by atoms with Crippen LogP contribution in [0.4, 0.5) is 41.9 Å². The zero-order valence-corrected chi connectivity index (χ0v) is 48.3. The molecule has 0 unspecified atom stereocenters. The van der Waals surface area contributed by atoms with Crippen molar-refractivity contribution in [3.8, 4) is 0 Å². The summed E-state index contributed by atoms with van der Waals surface area (Å²) in [5.41, 5.74) is 9.79. The summed E-state index contributed by atoms with van der Waals surface area (Å²) >= 11 is 0. The van der Waals surface area contributed by atoms with E-state index in [1.165, 1.54) is 18.2 Å². The highest BCUT2D eigenvalue weighted by molar-refractivity contribution is 6.12. The fourth-order valence-corrected chi connectivity index (χ4v) is 11.5. The second kappa shape index (κ2) is 26.7. The molecule has 0 radical (unpaired) electrons. The molecule has 0 bridgehead atoms. The zero-order chi connectivity index (χ0) is 59.0. The number of ether oxygens (including phenoxy) is 2. The van der Waals surface area contributed by atoms with Crippen LogP contribution in [0.15, 0.2) is 109 Å². The van der Waals surface area contributed by atoms with Gasteiger partial charge >= 0.3 is 0 Å². The number of carbonyl (C=O) groups excluding carboxylic acids is 3. The Bertz CT molecular complexity index is 3660. The molecule has 6 aromatic carbocycles. The van der Waals surface area contributed by atoms with Crippen LogP contribution in [0.3, 0.4) is 0 Å². The maximum Gasteiger partial charge on any atom is 0.258 e. The molecule has 444 valence electrons. The summed E-state index contributed by atoms with van der Waals surface area (Å²) in [6, 6.07) is 31.4. The third-order valence-electron chi connectivity index (χ3n) is 16.6. The molecule has 4 aliphatic rings. The first-order chi connectivity index (χ1) is 41.2. The van der Waals surface area contributed by atoms with Gasteiger partial charge in [0.05, 0.1) is 22.2 Å². The van der Waals surface area contributed by atoms with Gasteiger partial charge in [-0.15, -0.1) is 0 Å². The lowest BCUT2D eigenvalue weighted by Crippen LogP contribution is -2.44. The van der Waals surface area contributed by atoms with Crippen LogP contribution in [0.2, 0.25) is 0 Å². The lowest BCUT2D eigenvalue weighted by Gasteiger charge is -2.34. The van der Waals surface area contributed by atoms with Gasteiger partial charge in [0.2, 0.25) is 0 Å². The highest BCUT2D eigenvalue weighted by Crippen LogP contribution is 2.32. The standard InChI is InChI=1S/C33H36F2N6O3.C32H37FN6O2/c1-41-10-6-25(7-11-41)37-32(42)22-3-4-27(30(18-22)36-26-8-12-44-13-9-26)33(43)38-31-28-17-20(2-5-29(28)39-40-31)14-21-15-23(34)19-24(35)16-21;1-21-3-5-24(33)19-23(21)17-22-4-8-29-28(18-22)31(37-36-29)35-32(40)27-7-6-26(39-13-11-38(2)12-14-39)20-30(27)34-25-9-15-41-16-10-25/h2-5,15-19,25-26,36H,6-14H2,1H3,(H,37,42)(H2,38,39,40,43);3-8,18-20,25,34H,9-17H2,1-2H3,(H2,35,36,37,40). The van der Waals surface area contributed by atoms with Gasteiger partial charge < -0.3 is 50.8 Å². The van der Waals surface area contributed by atoms with Crippen molar-refractivity contribution in [2.75, 3.05) is 106 Å². The molecule has 12 rings (SSSR count). The monoisotopic (exact) mass is 1160 g/mol. The Morgan fingerprint density at radius 1 is 0.529 bits per heavy atom. The van der Waals surface area contributed by atoms with E-state index in [0.29, 0.717) is 89.7 Å². The molecule has 17 nitrogen and oxygen atoms in total. The summed E-state index contributed by atoms with van der Waals surface area (Å²) in [5.74, 6) is -1.46. The zero-order valence-electron chi connectivity index (χ0n) is 48.3. The van der Waals surface area contributed by atoms with Gasteiger partial charge in [0, 0.05) is 110 Å². The Morgan fingerprint density at radius 3 is 1.66 bits per heavy atom. The first kappa shape index (κ1) is 58.5. The van der Waals surface area contributed by atoms with Gasteiger partial charge in [0.25, 0.3) is 17.7 Å². The van der Waals surface area contributed by atoms with Crippen molar-refractivity contribution in [2.45, 2.75) is 76.4 Å². The number of anilines is 5. The lowest BCUT2D eigenvalue weighted by atomic mass is 9.99. The molecule has 3 amide bonds. The number of halogens is 3. The van der Waals surface area contributed by atoms with E-state index in [1.54, 1.807) is 30.3 Å². The third-order valence-corrected chi connectivity index (χ3v) is 16.6. The molecule has 4 fully saturated rings. The van der Waals surface area contributed by atoms with E-state index >= 15 is 0 Å². The van der Waals surface area contributed by atoms with Crippen LogP contribution >= 0.6 is 0 Å². The van der Waals surface area contributed by atoms with Gasteiger partial charge in [-0.05, 0) is 198 Å². The molecule has 20 heteroatoms. The average molecular weight is 1160 g/mol. The first-order valence-corrected chi connectivity index (χ1v) is 29.4. The number of fused-ring (bicyclic) bond motifs is 2. The van der Waals surface area contributed by atoms with Gasteiger partial charge in [-0.2, -0.15) is 10.2 Å². The molecule has 0 spiro atoms. The Morgan fingerprint density at radius 2 is 1.07 bits per heavy atom. The van der Waals surface area contributed by atoms with E-state index in [0.717, 1.165) is 128 Å². The van der Waals surface area contributed by atoms with Gasteiger partial charge in [0.1, 0.15) is 17.5 Å². The normalized spacial score (nSPS) is 16.7. The molecule has 6 heterocycles. The van der Waals surface area contributed by atoms with Crippen LogP contribution in [0.25, 0.3) is 21.8 Å². The molecule has 0 aliphatic carbocycles. The van der Waals surface area contributed by atoms with Crippen LogP contribution in [-0.2, 0) is 22.3 Å². The maximum absolute atomic E-state index is 13.9. The molecule has 4 saturated heterocycles. The number of piperazine rings is 1. The van der Waals surface area contributed by atoms with E-state index in [9.17, 15) is 27.6 Å². The van der Waals surface area contributed by atoms with E-state index in [1.807, 2.05) is 55.5 Å². The summed E-state index contributed by atoms with van der Waals surface area (Å²) in [6.45, 7) is 10.5.